The number of fused-ring (bicyclic) bond motifs is 1. The molecule has 3 rings (SSSR count). The van der Waals surface area contributed by atoms with Crippen LogP contribution in [0.4, 0.5) is 5.95 Å². The number of nitrogens with two attached hydrogens (primary N) is 1. The van der Waals surface area contributed by atoms with Crippen LogP contribution in [0.15, 0.2) is 42.6 Å². The number of anilines is 1. The summed E-state index contributed by atoms with van der Waals surface area (Å²) in [6, 6.07) is 12.9. The van der Waals surface area contributed by atoms with Crippen LogP contribution in [0.3, 0.4) is 0 Å². The van der Waals surface area contributed by atoms with E-state index in [2.05, 4.69) is 16.0 Å². The number of aromatic nitrogens is 3. The molecule has 5 heteroatoms. The number of benzene rings is 1. The van der Waals surface area contributed by atoms with Crippen molar-refractivity contribution in [2.24, 2.45) is 0 Å². The fourth-order valence-corrected chi connectivity index (χ4v) is 1.90. The van der Waals surface area contributed by atoms with Gasteiger partial charge in [0.1, 0.15) is 5.52 Å². The molecule has 0 saturated heterocycles. The maximum Gasteiger partial charge on any atom is 0.207 e. The average molecular weight is 235 g/mol. The molecule has 0 aliphatic carbocycles. The van der Waals surface area contributed by atoms with Crippen molar-refractivity contribution >= 4 is 17.1 Å². The monoisotopic (exact) mass is 235 g/mol. The van der Waals surface area contributed by atoms with Gasteiger partial charge in [-0.1, -0.05) is 6.07 Å². The third kappa shape index (κ3) is 1.48. The van der Waals surface area contributed by atoms with Crippen molar-refractivity contribution in [1.29, 1.82) is 5.26 Å². The van der Waals surface area contributed by atoms with Crippen LogP contribution in [0.25, 0.3) is 16.9 Å². The van der Waals surface area contributed by atoms with E-state index in [1.807, 2.05) is 24.3 Å². The van der Waals surface area contributed by atoms with Gasteiger partial charge in [0.15, 0.2) is 5.65 Å². The summed E-state index contributed by atoms with van der Waals surface area (Å²) in [6.45, 7) is 0. The highest BCUT2D eigenvalue weighted by Crippen LogP contribution is 2.21. The number of imidazole rings is 1. The van der Waals surface area contributed by atoms with Crippen molar-refractivity contribution in [2.45, 2.75) is 0 Å². The largest absolute Gasteiger partial charge is 0.369 e. The Bertz CT molecular complexity index is 766. The zero-order valence-electron chi connectivity index (χ0n) is 9.41. The SMILES string of the molecule is N#Cc1cccc(-n2c(N)nc3cccnc32)c1. The van der Waals surface area contributed by atoms with Crippen molar-refractivity contribution in [1.82, 2.24) is 14.5 Å². The number of hydrogen-bond donors (Lipinski definition) is 1. The van der Waals surface area contributed by atoms with Crippen LogP contribution in [-0.4, -0.2) is 14.5 Å². The summed E-state index contributed by atoms with van der Waals surface area (Å²) < 4.78 is 1.73. The van der Waals surface area contributed by atoms with Crippen molar-refractivity contribution in [3.63, 3.8) is 0 Å². The van der Waals surface area contributed by atoms with Crippen LogP contribution >= 0.6 is 0 Å². The molecule has 0 spiro atoms. The first-order valence-corrected chi connectivity index (χ1v) is 5.39. The standard InChI is InChI=1S/C13H9N5/c14-8-9-3-1-4-10(7-9)18-12-11(17-13(18)15)5-2-6-16-12/h1-7H,(H2,15,17). The maximum atomic E-state index is 8.92. The van der Waals surface area contributed by atoms with Crippen molar-refractivity contribution < 1.29 is 0 Å². The van der Waals surface area contributed by atoms with E-state index < -0.39 is 0 Å². The van der Waals surface area contributed by atoms with E-state index in [-0.39, 0.29) is 0 Å². The van der Waals surface area contributed by atoms with Gasteiger partial charge in [0.25, 0.3) is 0 Å². The Hall–Kier alpha value is -2.87. The molecule has 3 aromatic rings. The molecule has 5 nitrogen and oxygen atoms in total. The van der Waals surface area contributed by atoms with E-state index in [1.54, 1.807) is 22.9 Å². The second kappa shape index (κ2) is 3.86. The smallest absolute Gasteiger partial charge is 0.207 e. The van der Waals surface area contributed by atoms with Gasteiger partial charge in [0, 0.05) is 6.20 Å². The minimum Gasteiger partial charge on any atom is -0.369 e. The van der Waals surface area contributed by atoms with E-state index >= 15 is 0 Å². The Kier molecular flexibility index (Phi) is 2.21. The van der Waals surface area contributed by atoms with Gasteiger partial charge in [-0.05, 0) is 30.3 Å². The van der Waals surface area contributed by atoms with Gasteiger partial charge in [0.05, 0.1) is 17.3 Å². The molecule has 0 unspecified atom stereocenters. The number of nitrogens with zero attached hydrogens (tertiary/aromatic N) is 4. The van der Waals surface area contributed by atoms with Crippen molar-refractivity contribution in [3.8, 4) is 11.8 Å². The highest BCUT2D eigenvalue weighted by Gasteiger charge is 2.10. The first-order valence-electron chi connectivity index (χ1n) is 5.39. The summed E-state index contributed by atoms with van der Waals surface area (Å²) in [7, 11) is 0. The van der Waals surface area contributed by atoms with Crippen molar-refractivity contribution in [3.05, 3.63) is 48.2 Å². The number of pyridine rings is 1. The molecule has 2 heterocycles. The number of hydrogen-bond acceptors (Lipinski definition) is 4. The summed E-state index contributed by atoms with van der Waals surface area (Å²) in [5, 5.41) is 8.92. The molecule has 18 heavy (non-hydrogen) atoms. The van der Waals surface area contributed by atoms with Crippen LogP contribution in [-0.2, 0) is 0 Å². The maximum absolute atomic E-state index is 8.92. The first-order chi connectivity index (χ1) is 8.79. The summed E-state index contributed by atoms with van der Waals surface area (Å²) in [6.07, 6.45) is 1.69. The van der Waals surface area contributed by atoms with Crippen LogP contribution in [0.2, 0.25) is 0 Å². The van der Waals surface area contributed by atoms with Crippen LogP contribution in [0, 0.1) is 11.3 Å². The molecule has 1 aromatic carbocycles. The lowest BCUT2D eigenvalue weighted by Gasteiger charge is -2.05. The molecular weight excluding hydrogens is 226 g/mol. The van der Waals surface area contributed by atoms with Gasteiger partial charge in [-0.3, -0.25) is 4.57 Å². The molecule has 0 saturated carbocycles. The molecular formula is C13H9N5. The fourth-order valence-electron chi connectivity index (χ4n) is 1.90. The quantitative estimate of drug-likeness (QED) is 0.698. The summed E-state index contributed by atoms with van der Waals surface area (Å²) in [5.41, 5.74) is 8.68. The summed E-state index contributed by atoms with van der Waals surface area (Å²) in [4.78, 5) is 8.51. The zero-order chi connectivity index (χ0) is 12.5. The molecule has 0 aliphatic rings. The van der Waals surface area contributed by atoms with E-state index in [4.69, 9.17) is 11.0 Å². The lowest BCUT2D eigenvalue weighted by Crippen LogP contribution is -2.01. The van der Waals surface area contributed by atoms with Gasteiger partial charge in [-0.25, -0.2) is 9.97 Å². The number of nitrogen functional groups attached to an aromatic ring is 1. The molecule has 2 N–H and O–H groups in total. The molecule has 0 radical (unpaired) electrons. The Morgan fingerprint density at radius 2 is 2.11 bits per heavy atom. The third-order valence-corrected chi connectivity index (χ3v) is 2.68. The van der Waals surface area contributed by atoms with Gasteiger partial charge in [0.2, 0.25) is 5.95 Å². The predicted molar refractivity (Wildman–Crippen MR) is 68.0 cm³/mol. The topological polar surface area (TPSA) is 80.5 Å². The third-order valence-electron chi connectivity index (χ3n) is 2.68. The van der Waals surface area contributed by atoms with Crippen LogP contribution in [0.5, 0.6) is 0 Å². The van der Waals surface area contributed by atoms with Gasteiger partial charge >= 0.3 is 0 Å². The normalized spacial score (nSPS) is 10.4. The van der Waals surface area contributed by atoms with Crippen molar-refractivity contribution in [2.75, 3.05) is 5.73 Å². The zero-order valence-corrected chi connectivity index (χ0v) is 9.41. The Morgan fingerprint density at radius 1 is 1.22 bits per heavy atom. The molecule has 0 atom stereocenters. The number of nitriles is 1. The molecule has 0 fully saturated rings. The highest BCUT2D eigenvalue weighted by molar-refractivity contribution is 5.76. The summed E-state index contributed by atoms with van der Waals surface area (Å²) >= 11 is 0. The van der Waals surface area contributed by atoms with E-state index in [0.29, 0.717) is 17.2 Å². The lowest BCUT2D eigenvalue weighted by molar-refractivity contribution is 1.08. The minimum absolute atomic E-state index is 0.360. The van der Waals surface area contributed by atoms with E-state index in [9.17, 15) is 0 Å². The van der Waals surface area contributed by atoms with Gasteiger partial charge in [-0.2, -0.15) is 5.26 Å². The van der Waals surface area contributed by atoms with Gasteiger partial charge < -0.3 is 5.73 Å². The Balaban J connectivity index is 2.31. The predicted octanol–water partition coefficient (Wildman–Crippen LogP) is 1.87. The average Bonchev–Trinajstić information content (AvgIpc) is 2.74. The Morgan fingerprint density at radius 3 is 2.94 bits per heavy atom. The van der Waals surface area contributed by atoms with Crippen LogP contribution in [0.1, 0.15) is 5.56 Å². The second-order valence-corrected chi connectivity index (χ2v) is 3.81. The van der Waals surface area contributed by atoms with Crippen LogP contribution < -0.4 is 5.73 Å². The second-order valence-electron chi connectivity index (χ2n) is 3.81. The molecule has 2 aromatic heterocycles. The first kappa shape index (κ1) is 10.3. The fraction of sp³-hybridized carbons (Fsp3) is 0. The molecule has 0 amide bonds. The van der Waals surface area contributed by atoms with E-state index in [1.165, 1.54) is 0 Å². The van der Waals surface area contributed by atoms with Gasteiger partial charge in [-0.15, -0.1) is 0 Å². The molecule has 86 valence electrons. The van der Waals surface area contributed by atoms with E-state index in [0.717, 1.165) is 11.2 Å². The lowest BCUT2D eigenvalue weighted by atomic mass is 10.2. The molecule has 0 aliphatic heterocycles. The Labute approximate surface area is 103 Å². The number of rotatable bonds is 1. The highest BCUT2D eigenvalue weighted by atomic mass is 15.2. The summed E-state index contributed by atoms with van der Waals surface area (Å²) in [5.74, 6) is 0.360. The minimum atomic E-state index is 0.360. The molecule has 0 bridgehead atoms.